The normalized spacial score (nSPS) is 10.5. The van der Waals surface area contributed by atoms with Gasteiger partial charge < -0.3 is 11.5 Å². The molecule has 0 saturated heterocycles. The van der Waals surface area contributed by atoms with Crippen molar-refractivity contribution in [2.45, 2.75) is 6.42 Å². The quantitative estimate of drug-likeness (QED) is 0.878. The van der Waals surface area contributed by atoms with E-state index in [2.05, 4.69) is 9.97 Å². The first-order chi connectivity index (χ1) is 8.08. The number of benzene rings is 1. The molecule has 0 unspecified atom stereocenters. The van der Waals surface area contributed by atoms with E-state index in [1.165, 1.54) is 0 Å². The molecule has 0 bridgehead atoms. The zero-order chi connectivity index (χ0) is 12.4. The van der Waals surface area contributed by atoms with Crippen LogP contribution in [-0.4, -0.2) is 9.97 Å². The molecule has 1 heterocycles. The highest BCUT2D eigenvalue weighted by atomic mass is 35.5. The van der Waals surface area contributed by atoms with Crippen LogP contribution in [0.2, 0.25) is 10.0 Å². The lowest BCUT2D eigenvalue weighted by Crippen LogP contribution is -2.04. The van der Waals surface area contributed by atoms with E-state index in [1.807, 2.05) is 12.1 Å². The van der Waals surface area contributed by atoms with E-state index in [0.717, 1.165) is 11.1 Å². The van der Waals surface area contributed by atoms with Gasteiger partial charge in [0, 0.05) is 18.2 Å². The summed E-state index contributed by atoms with van der Waals surface area (Å²) in [6.07, 6.45) is 2.11. The second-order valence-electron chi connectivity index (χ2n) is 3.53. The van der Waals surface area contributed by atoms with Gasteiger partial charge in [0.1, 0.15) is 5.82 Å². The molecule has 0 spiro atoms. The van der Waals surface area contributed by atoms with Gasteiger partial charge in [-0.1, -0.05) is 35.3 Å². The van der Waals surface area contributed by atoms with Crippen LogP contribution in [-0.2, 0) is 6.42 Å². The molecule has 1 aromatic carbocycles. The second kappa shape index (κ2) is 4.77. The predicted octanol–water partition coefficient (Wildman–Crippen LogP) is 2.54. The first-order valence-corrected chi connectivity index (χ1v) is 5.63. The van der Waals surface area contributed by atoms with E-state index < -0.39 is 0 Å². The van der Waals surface area contributed by atoms with Gasteiger partial charge in [0.2, 0.25) is 5.95 Å². The molecule has 0 amide bonds. The average molecular weight is 269 g/mol. The van der Waals surface area contributed by atoms with Gasteiger partial charge in [-0.05, 0) is 11.6 Å². The molecule has 0 radical (unpaired) electrons. The minimum Gasteiger partial charge on any atom is -0.383 e. The highest BCUT2D eigenvalue weighted by Crippen LogP contribution is 2.28. The Morgan fingerprint density at radius 3 is 2.59 bits per heavy atom. The molecule has 2 rings (SSSR count). The van der Waals surface area contributed by atoms with Crippen molar-refractivity contribution >= 4 is 35.0 Å². The Morgan fingerprint density at radius 1 is 1.12 bits per heavy atom. The van der Waals surface area contributed by atoms with Crippen molar-refractivity contribution in [3.05, 3.63) is 45.6 Å². The molecule has 0 aliphatic rings. The maximum Gasteiger partial charge on any atom is 0.221 e. The van der Waals surface area contributed by atoms with Crippen LogP contribution in [0.5, 0.6) is 0 Å². The van der Waals surface area contributed by atoms with Crippen molar-refractivity contribution in [3.8, 4) is 0 Å². The highest BCUT2D eigenvalue weighted by Gasteiger charge is 2.08. The number of rotatable bonds is 2. The zero-order valence-corrected chi connectivity index (χ0v) is 10.3. The van der Waals surface area contributed by atoms with Gasteiger partial charge >= 0.3 is 0 Å². The van der Waals surface area contributed by atoms with Gasteiger partial charge in [0.05, 0.1) is 10.0 Å². The Balaban J connectivity index is 2.35. The number of hydrogen-bond acceptors (Lipinski definition) is 4. The fourth-order valence-corrected chi connectivity index (χ4v) is 1.85. The smallest absolute Gasteiger partial charge is 0.221 e. The van der Waals surface area contributed by atoms with E-state index in [9.17, 15) is 0 Å². The Labute approximate surface area is 109 Å². The summed E-state index contributed by atoms with van der Waals surface area (Å²) in [4.78, 5) is 7.79. The summed E-state index contributed by atoms with van der Waals surface area (Å²) < 4.78 is 0. The molecule has 6 heteroatoms. The molecular formula is C11H10Cl2N4. The van der Waals surface area contributed by atoms with Crippen molar-refractivity contribution in [2.24, 2.45) is 0 Å². The summed E-state index contributed by atoms with van der Waals surface area (Å²) in [6, 6.07) is 5.44. The van der Waals surface area contributed by atoms with Crippen molar-refractivity contribution in [1.29, 1.82) is 0 Å². The largest absolute Gasteiger partial charge is 0.383 e. The molecular weight excluding hydrogens is 259 g/mol. The first kappa shape index (κ1) is 12.0. The molecule has 0 aliphatic carbocycles. The number of halogens is 2. The Morgan fingerprint density at radius 2 is 1.88 bits per heavy atom. The van der Waals surface area contributed by atoms with Gasteiger partial charge in [0.15, 0.2) is 0 Å². The van der Waals surface area contributed by atoms with Gasteiger partial charge in [0.25, 0.3) is 0 Å². The first-order valence-electron chi connectivity index (χ1n) is 4.87. The maximum atomic E-state index is 6.09. The van der Waals surface area contributed by atoms with E-state index in [0.29, 0.717) is 22.3 Å². The summed E-state index contributed by atoms with van der Waals surface area (Å²) in [6.45, 7) is 0. The molecule has 88 valence electrons. The summed E-state index contributed by atoms with van der Waals surface area (Å²) in [5.41, 5.74) is 12.8. The average Bonchev–Trinajstić information content (AvgIpc) is 2.28. The van der Waals surface area contributed by atoms with Crippen LogP contribution in [0, 0.1) is 0 Å². The lowest BCUT2D eigenvalue weighted by atomic mass is 10.1. The number of nitrogen functional groups attached to an aromatic ring is 2. The summed E-state index contributed by atoms with van der Waals surface area (Å²) in [5, 5.41) is 1.03. The molecule has 1 aromatic heterocycles. The summed E-state index contributed by atoms with van der Waals surface area (Å²) in [5.74, 6) is 0.511. The number of nitrogens with zero attached hydrogens (tertiary/aromatic N) is 2. The van der Waals surface area contributed by atoms with Crippen LogP contribution in [0.4, 0.5) is 11.8 Å². The number of aromatic nitrogens is 2. The molecule has 4 nitrogen and oxygen atoms in total. The minimum atomic E-state index is 0.156. The Kier molecular flexibility index (Phi) is 3.36. The lowest BCUT2D eigenvalue weighted by molar-refractivity contribution is 1.09. The predicted molar refractivity (Wildman–Crippen MR) is 70.1 cm³/mol. The van der Waals surface area contributed by atoms with Crippen LogP contribution >= 0.6 is 23.2 Å². The van der Waals surface area contributed by atoms with E-state index >= 15 is 0 Å². The number of hydrogen-bond donors (Lipinski definition) is 2. The maximum absolute atomic E-state index is 6.09. The molecule has 2 aromatic rings. The molecule has 4 N–H and O–H groups in total. The van der Waals surface area contributed by atoms with Crippen LogP contribution in [0.3, 0.4) is 0 Å². The minimum absolute atomic E-state index is 0.156. The van der Waals surface area contributed by atoms with Crippen molar-refractivity contribution in [1.82, 2.24) is 9.97 Å². The second-order valence-corrected chi connectivity index (χ2v) is 4.31. The van der Waals surface area contributed by atoms with Gasteiger partial charge in [-0.2, -0.15) is 4.98 Å². The van der Waals surface area contributed by atoms with Crippen LogP contribution in [0.25, 0.3) is 0 Å². The summed E-state index contributed by atoms with van der Waals surface area (Å²) >= 11 is 12.0. The van der Waals surface area contributed by atoms with Gasteiger partial charge in [-0.15, -0.1) is 0 Å². The Bertz CT molecular complexity index is 557. The Hall–Kier alpha value is -1.52. The SMILES string of the molecule is Nc1ncc(Cc2cccc(Cl)c2Cl)c(N)n1. The van der Waals surface area contributed by atoms with E-state index in [-0.39, 0.29) is 5.95 Å². The van der Waals surface area contributed by atoms with E-state index in [4.69, 9.17) is 34.7 Å². The van der Waals surface area contributed by atoms with Crippen LogP contribution < -0.4 is 11.5 Å². The van der Waals surface area contributed by atoms with E-state index in [1.54, 1.807) is 12.3 Å². The fourth-order valence-electron chi connectivity index (χ4n) is 1.46. The third-order valence-electron chi connectivity index (χ3n) is 2.33. The number of nitrogens with two attached hydrogens (primary N) is 2. The molecule has 17 heavy (non-hydrogen) atoms. The highest BCUT2D eigenvalue weighted by molar-refractivity contribution is 6.42. The third kappa shape index (κ3) is 2.60. The van der Waals surface area contributed by atoms with Crippen molar-refractivity contribution in [3.63, 3.8) is 0 Å². The topological polar surface area (TPSA) is 77.8 Å². The monoisotopic (exact) mass is 268 g/mol. The summed E-state index contributed by atoms with van der Waals surface area (Å²) in [7, 11) is 0. The van der Waals surface area contributed by atoms with Crippen LogP contribution in [0.1, 0.15) is 11.1 Å². The van der Waals surface area contributed by atoms with Gasteiger partial charge in [-0.3, -0.25) is 0 Å². The molecule has 0 saturated carbocycles. The number of anilines is 2. The van der Waals surface area contributed by atoms with Crippen LogP contribution in [0.15, 0.2) is 24.4 Å². The molecule has 0 fully saturated rings. The standard InChI is InChI=1S/C11H10Cl2N4/c12-8-3-1-2-6(9(8)13)4-7-5-16-11(15)17-10(7)14/h1-3,5H,4H2,(H4,14,15,16,17). The third-order valence-corrected chi connectivity index (χ3v) is 3.19. The molecule has 0 atom stereocenters. The van der Waals surface area contributed by atoms with Gasteiger partial charge in [-0.25, -0.2) is 4.98 Å². The van der Waals surface area contributed by atoms with Crippen molar-refractivity contribution < 1.29 is 0 Å². The fraction of sp³-hybridized carbons (Fsp3) is 0.0909. The molecule has 0 aliphatic heterocycles. The zero-order valence-electron chi connectivity index (χ0n) is 8.82. The lowest BCUT2D eigenvalue weighted by Gasteiger charge is -2.07. The van der Waals surface area contributed by atoms with Crippen molar-refractivity contribution in [2.75, 3.05) is 11.5 Å².